The second kappa shape index (κ2) is 11.1. The van der Waals surface area contributed by atoms with Crippen LogP contribution in [0.5, 0.6) is 0 Å². The van der Waals surface area contributed by atoms with E-state index in [0.717, 1.165) is 38.5 Å². The predicted molar refractivity (Wildman–Crippen MR) is 99.4 cm³/mol. The molecule has 0 radical (unpaired) electrons. The lowest BCUT2D eigenvalue weighted by Crippen LogP contribution is -2.32. The molecular weight excluding hydrogens is 302 g/mol. The van der Waals surface area contributed by atoms with Crippen LogP contribution in [0.4, 0.5) is 0 Å². The van der Waals surface area contributed by atoms with Gasteiger partial charge in [0.05, 0.1) is 6.54 Å². The molecule has 5 nitrogen and oxygen atoms in total. The van der Waals surface area contributed by atoms with Crippen molar-refractivity contribution in [2.24, 2.45) is 33.8 Å². The standard InChI is InChI=1S/C19H33N3O2/c1-14(2)9-11-20-13-18(23)16-5-7-17(8-6-16)19(24)22-21-12-10-15(3)4/h11-12,14-17H,5-10,13H2,1-4H3,(H,22,24)/b20-11?,21-12+. The molecule has 1 aliphatic rings. The second-order valence-corrected chi connectivity index (χ2v) is 7.58. The van der Waals surface area contributed by atoms with Gasteiger partial charge in [0.15, 0.2) is 5.78 Å². The number of aliphatic imine (C=N–C) groups is 1. The molecule has 5 heteroatoms. The first-order chi connectivity index (χ1) is 11.4. The number of hydrogen-bond donors (Lipinski definition) is 1. The van der Waals surface area contributed by atoms with E-state index in [4.69, 9.17) is 0 Å². The highest BCUT2D eigenvalue weighted by Crippen LogP contribution is 2.29. The third-order valence-corrected chi connectivity index (χ3v) is 4.35. The minimum absolute atomic E-state index is 0.0177. The lowest BCUT2D eigenvalue weighted by Gasteiger charge is -2.25. The Bertz CT molecular complexity index is 406. The van der Waals surface area contributed by atoms with E-state index in [-0.39, 0.29) is 30.1 Å². The van der Waals surface area contributed by atoms with E-state index < -0.39 is 0 Å². The summed E-state index contributed by atoms with van der Waals surface area (Å²) in [5.74, 6) is 1.35. The second-order valence-electron chi connectivity index (χ2n) is 7.58. The SMILES string of the molecule is CC(C)CC=NCC(=O)C1CCC(C(=O)N/N=C/CC(C)C)CC1. The van der Waals surface area contributed by atoms with E-state index in [1.165, 1.54) is 0 Å². The van der Waals surface area contributed by atoms with Crippen molar-refractivity contribution in [3.63, 3.8) is 0 Å². The molecule has 24 heavy (non-hydrogen) atoms. The molecule has 0 bridgehead atoms. The van der Waals surface area contributed by atoms with Crippen molar-refractivity contribution < 1.29 is 9.59 Å². The summed E-state index contributed by atoms with van der Waals surface area (Å²) in [4.78, 5) is 28.4. The van der Waals surface area contributed by atoms with Gasteiger partial charge in [-0.1, -0.05) is 27.7 Å². The molecular formula is C19H33N3O2. The van der Waals surface area contributed by atoms with E-state index in [1.807, 2.05) is 6.21 Å². The van der Waals surface area contributed by atoms with E-state index in [9.17, 15) is 9.59 Å². The van der Waals surface area contributed by atoms with Crippen molar-refractivity contribution in [2.45, 2.75) is 66.2 Å². The lowest BCUT2D eigenvalue weighted by molar-refractivity contribution is -0.128. The van der Waals surface area contributed by atoms with Crippen LogP contribution in [-0.2, 0) is 9.59 Å². The van der Waals surface area contributed by atoms with E-state index >= 15 is 0 Å². The molecule has 136 valence electrons. The molecule has 1 fully saturated rings. The first kappa shape index (κ1) is 20.5. The summed E-state index contributed by atoms with van der Waals surface area (Å²) < 4.78 is 0. The number of hydrazone groups is 1. The van der Waals surface area contributed by atoms with Gasteiger partial charge in [0, 0.05) is 18.1 Å². The maximum absolute atomic E-state index is 12.2. The first-order valence-electron chi connectivity index (χ1n) is 9.22. The van der Waals surface area contributed by atoms with Crippen molar-refractivity contribution in [2.75, 3.05) is 6.54 Å². The molecule has 0 saturated heterocycles. The number of nitrogens with one attached hydrogen (secondary N) is 1. The number of rotatable bonds is 9. The van der Waals surface area contributed by atoms with Crippen LogP contribution in [0, 0.1) is 23.7 Å². The maximum atomic E-state index is 12.2. The summed E-state index contributed by atoms with van der Waals surface area (Å²) in [5, 5.41) is 3.99. The quantitative estimate of drug-likeness (QED) is 0.516. The van der Waals surface area contributed by atoms with Crippen LogP contribution in [-0.4, -0.2) is 30.7 Å². The molecule has 1 amide bonds. The number of amides is 1. The van der Waals surface area contributed by atoms with Gasteiger partial charge in [-0.15, -0.1) is 0 Å². The number of ketones is 1. The summed E-state index contributed by atoms with van der Waals surface area (Å²) in [6.07, 6.45) is 8.48. The minimum atomic E-state index is -0.0188. The summed E-state index contributed by atoms with van der Waals surface area (Å²) in [6, 6.07) is 0. The van der Waals surface area contributed by atoms with Gasteiger partial charge in [0.2, 0.25) is 5.91 Å². The van der Waals surface area contributed by atoms with Crippen LogP contribution in [0.25, 0.3) is 0 Å². The molecule has 1 saturated carbocycles. The Morgan fingerprint density at radius 1 is 0.958 bits per heavy atom. The van der Waals surface area contributed by atoms with Crippen molar-refractivity contribution in [3.05, 3.63) is 0 Å². The zero-order valence-electron chi connectivity index (χ0n) is 15.6. The Balaban J connectivity index is 2.27. The number of hydrogen-bond acceptors (Lipinski definition) is 4. The molecule has 1 N–H and O–H groups in total. The maximum Gasteiger partial charge on any atom is 0.243 e. The van der Waals surface area contributed by atoms with Crippen LogP contribution < -0.4 is 5.43 Å². The topological polar surface area (TPSA) is 70.9 Å². The zero-order valence-corrected chi connectivity index (χ0v) is 15.6. The van der Waals surface area contributed by atoms with Gasteiger partial charge in [-0.25, -0.2) is 5.43 Å². The monoisotopic (exact) mass is 335 g/mol. The normalized spacial score (nSPS) is 21.9. The highest BCUT2D eigenvalue weighted by Gasteiger charge is 2.29. The molecule has 1 rings (SSSR count). The van der Waals surface area contributed by atoms with Gasteiger partial charge >= 0.3 is 0 Å². The fourth-order valence-corrected chi connectivity index (χ4v) is 2.71. The molecule has 0 unspecified atom stereocenters. The van der Waals surface area contributed by atoms with Crippen LogP contribution in [0.3, 0.4) is 0 Å². The smallest absolute Gasteiger partial charge is 0.243 e. The predicted octanol–water partition coefficient (Wildman–Crippen LogP) is 3.63. The van der Waals surface area contributed by atoms with Gasteiger partial charge in [-0.3, -0.25) is 14.6 Å². The van der Waals surface area contributed by atoms with E-state index in [1.54, 1.807) is 6.21 Å². The molecule has 0 aromatic rings. The average molecular weight is 335 g/mol. The van der Waals surface area contributed by atoms with Crippen LogP contribution in [0.15, 0.2) is 10.1 Å². The Hall–Kier alpha value is -1.52. The number of carbonyl (C=O) groups excluding carboxylic acids is 2. The summed E-state index contributed by atoms with van der Waals surface area (Å²) in [5.41, 5.74) is 2.63. The Kier molecular flexibility index (Phi) is 9.50. The van der Waals surface area contributed by atoms with E-state index in [0.29, 0.717) is 11.8 Å². The molecule has 0 aliphatic heterocycles. The van der Waals surface area contributed by atoms with Crippen molar-refractivity contribution in [1.82, 2.24) is 5.43 Å². The van der Waals surface area contributed by atoms with Crippen molar-refractivity contribution in [1.29, 1.82) is 0 Å². The van der Waals surface area contributed by atoms with Gasteiger partial charge < -0.3 is 0 Å². The van der Waals surface area contributed by atoms with Crippen molar-refractivity contribution in [3.8, 4) is 0 Å². The molecule has 0 heterocycles. The fraction of sp³-hybridized carbons (Fsp3) is 0.789. The number of Topliss-reactive ketones (excluding diaryl/α,β-unsaturated/α-hetero) is 1. The molecule has 1 aliphatic carbocycles. The van der Waals surface area contributed by atoms with E-state index in [2.05, 4.69) is 43.2 Å². The lowest BCUT2D eigenvalue weighted by atomic mass is 9.79. The van der Waals surface area contributed by atoms with Crippen LogP contribution in [0.2, 0.25) is 0 Å². The third kappa shape index (κ3) is 8.37. The summed E-state index contributed by atoms with van der Waals surface area (Å²) in [6.45, 7) is 8.77. The number of carbonyl (C=O) groups is 2. The molecule has 0 atom stereocenters. The first-order valence-corrected chi connectivity index (χ1v) is 9.22. The van der Waals surface area contributed by atoms with Crippen molar-refractivity contribution >= 4 is 24.1 Å². The molecule has 0 aromatic carbocycles. The Morgan fingerprint density at radius 3 is 2.08 bits per heavy atom. The third-order valence-electron chi connectivity index (χ3n) is 4.35. The highest BCUT2D eigenvalue weighted by molar-refractivity contribution is 5.85. The van der Waals surface area contributed by atoms with Gasteiger partial charge in [-0.2, -0.15) is 5.10 Å². The fourth-order valence-electron chi connectivity index (χ4n) is 2.71. The van der Waals surface area contributed by atoms with Gasteiger partial charge in [0.1, 0.15) is 0 Å². The number of nitrogens with zero attached hydrogens (tertiary/aromatic N) is 2. The average Bonchev–Trinajstić information content (AvgIpc) is 2.55. The summed E-state index contributed by atoms with van der Waals surface area (Å²) in [7, 11) is 0. The highest BCUT2D eigenvalue weighted by atomic mass is 16.2. The Morgan fingerprint density at radius 2 is 1.50 bits per heavy atom. The van der Waals surface area contributed by atoms with Crippen LogP contribution in [0.1, 0.15) is 66.2 Å². The molecule has 0 aromatic heterocycles. The largest absolute Gasteiger partial charge is 0.297 e. The zero-order chi connectivity index (χ0) is 17.9. The minimum Gasteiger partial charge on any atom is -0.297 e. The Labute approximate surface area is 146 Å². The summed E-state index contributed by atoms with van der Waals surface area (Å²) >= 11 is 0. The van der Waals surface area contributed by atoms with Gasteiger partial charge in [0.25, 0.3) is 0 Å². The van der Waals surface area contributed by atoms with Crippen LogP contribution >= 0.6 is 0 Å². The molecule has 0 spiro atoms. The van der Waals surface area contributed by atoms with Gasteiger partial charge in [-0.05, 0) is 56.6 Å².